The van der Waals surface area contributed by atoms with Gasteiger partial charge in [-0.15, -0.1) is 0 Å². The summed E-state index contributed by atoms with van der Waals surface area (Å²) in [5.41, 5.74) is 1.39. The first-order chi connectivity index (χ1) is 15.4. The lowest BCUT2D eigenvalue weighted by molar-refractivity contribution is -0.125. The summed E-state index contributed by atoms with van der Waals surface area (Å²) in [4.78, 5) is 51.2. The molecule has 7 heteroatoms. The molecule has 2 aliphatic rings. The van der Waals surface area contributed by atoms with Crippen LogP contribution in [0.5, 0.6) is 0 Å². The molecule has 0 bridgehead atoms. The zero-order valence-electron chi connectivity index (χ0n) is 18.0. The zero-order valence-corrected chi connectivity index (χ0v) is 18.0. The Morgan fingerprint density at radius 2 is 1.66 bits per heavy atom. The molecule has 0 atom stereocenters. The highest BCUT2D eigenvalue weighted by Crippen LogP contribution is 2.26. The van der Waals surface area contributed by atoms with Crippen molar-refractivity contribution in [2.75, 3.05) is 6.61 Å². The van der Waals surface area contributed by atoms with E-state index in [0.717, 1.165) is 36.1 Å². The van der Waals surface area contributed by atoms with Crippen molar-refractivity contribution in [2.45, 2.75) is 45.2 Å². The number of amides is 3. The Labute approximate surface area is 186 Å². The van der Waals surface area contributed by atoms with Crippen molar-refractivity contribution in [3.8, 4) is 0 Å². The Kier molecular flexibility index (Phi) is 6.35. The Morgan fingerprint density at radius 1 is 0.969 bits per heavy atom. The van der Waals surface area contributed by atoms with E-state index in [-0.39, 0.29) is 41.8 Å². The molecule has 4 rings (SSSR count). The third-order valence-electron chi connectivity index (χ3n) is 6.11. The first-order valence-corrected chi connectivity index (χ1v) is 10.9. The van der Waals surface area contributed by atoms with Crippen molar-refractivity contribution in [3.05, 3.63) is 70.8 Å². The summed E-state index contributed by atoms with van der Waals surface area (Å²) in [6.07, 6.45) is 4.02. The predicted octanol–water partition coefficient (Wildman–Crippen LogP) is 3.33. The number of imide groups is 1. The number of hydrogen-bond donors (Lipinski definition) is 1. The fourth-order valence-corrected chi connectivity index (χ4v) is 4.22. The van der Waals surface area contributed by atoms with E-state index in [4.69, 9.17) is 4.74 Å². The van der Waals surface area contributed by atoms with E-state index in [9.17, 15) is 19.2 Å². The fourth-order valence-electron chi connectivity index (χ4n) is 4.22. The van der Waals surface area contributed by atoms with E-state index in [0.29, 0.717) is 5.92 Å². The maximum atomic E-state index is 12.8. The van der Waals surface area contributed by atoms with Crippen LogP contribution in [0.2, 0.25) is 0 Å². The van der Waals surface area contributed by atoms with Gasteiger partial charge in [-0.25, -0.2) is 4.79 Å². The van der Waals surface area contributed by atoms with Crippen molar-refractivity contribution >= 4 is 23.7 Å². The monoisotopic (exact) mass is 434 g/mol. The third kappa shape index (κ3) is 4.72. The number of nitrogens with one attached hydrogen (secondary N) is 1. The lowest BCUT2D eigenvalue weighted by Gasteiger charge is -2.26. The molecular formula is C25H26N2O5. The highest BCUT2D eigenvalue weighted by molar-refractivity contribution is 6.21. The number of hydrogen-bond acceptors (Lipinski definition) is 5. The number of rotatable bonds is 6. The van der Waals surface area contributed by atoms with E-state index < -0.39 is 17.8 Å². The second-order valence-electron chi connectivity index (χ2n) is 8.54. The molecule has 0 saturated heterocycles. The lowest BCUT2D eigenvalue weighted by Crippen LogP contribution is -2.39. The standard InChI is InChI=1S/C25H26N2O5/c1-16-7-10-19(11-8-16)26-22(28)15-32-25(31)18-9-12-20-21(13-18)24(30)27(23(20)29)14-17-5-3-2-4-6-17/h2-6,9,12-13,16,19H,7-8,10-11,14-15H2,1H3,(H,26,28). The largest absolute Gasteiger partial charge is 0.452 e. The first kappa shape index (κ1) is 21.7. The molecule has 7 nitrogen and oxygen atoms in total. The van der Waals surface area contributed by atoms with Crippen LogP contribution in [0.25, 0.3) is 0 Å². The van der Waals surface area contributed by atoms with Gasteiger partial charge in [0.15, 0.2) is 6.61 Å². The maximum absolute atomic E-state index is 12.8. The summed E-state index contributed by atoms with van der Waals surface area (Å²) >= 11 is 0. The van der Waals surface area contributed by atoms with Gasteiger partial charge in [0.1, 0.15) is 0 Å². The molecule has 1 aliphatic carbocycles. The Morgan fingerprint density at radius 3 is 2.38 bits per heavy atom. The average molecular weight is 434 g/mol. The number of carbonyl (C=O) groups excluding carboxylic acids is 4. The van der Waals surface area contributed by atoms with Crippen LogP contribution >= 0.6 is 0 Å². The average Bonchev–Trinajstić information content (AvgIpc) is 3.04. The maximum Gasteiger partial charge on any atom is 0.338 e. The van der Waals surface area contributed by atoms with E-state index in [1.54, 1.807) is 0 Å². The molecule has 2 aromatic carbocycles. The van der Waals surface area contributed by atoms with E-state index in [1.807, 2.05) is 30.3 Å². The molecule has 3 amide bonds. The van der Waals surface area contributed by atoms with Crippen molar-refractivity contribution < 1.29 is 23.9 Å². The van der Waals surface area contributed by atoms with Crippen molar-refractivity contribution in [2.24, 2.45) is 5.92 Å². The minimum atomic E-state index is -0.707. The molecule has 1 saturated carbocycles. The molecule has 0 unspecified atom stereocenters. The molecule has 1 fully saturated rings. The quantitative estimate of drug-likeness (QED) is 0.556. The van der Waals surface area contributed by atoms with Crippen molar-refractivity contribution in [1.29, 1.82) is 0 Å². The molecule has 166 valence electrons. The third-order valence-corrected chi connectivity index (χ3v) is 6.11. The summed E-state index contributed by atoms with van der Waals surface area (Å²) in [5, 5.41) is 2.91. The number of benzene rings is 2. The number of ether oxygens (including phenoxy) is 1. The minimum Gasteiger partial charge on any atom is -0.452 e. The molecule has 0 spiro atoms. The second kappa shape index (κ2) is 9.34. The molecule has 1 heterocycles. The molecule has 1 N–H and O–H groups in total. The van der Waals surface area contributed by atoms with Gasteiger partial charge in [-0.3, -0.25) is 19.3 Å². The van der Waals surface area contributed by atoms with Gasteiger partial charge in [-0.2, -0.15) is 0 Å². The SMILES string of the molecule is CC1CCC(NC(=O)COC(=O)c2ccc3c(c2)C(=O)N(Cc2ccccc2)C3=O)CC1. The molecule has 0 aromatic heterocycles. The Bertz CT molecular complexity index is 1040. The predicted molar refractivity (Wildman–Crippen MR) is 117 cm³/mol. The summed E-state index contributed by atoms with van der Waals surface area (Å²) in [6, 6.07) is 13.6. The van der Waals surface area contributed by atoms with Crippen LogP contribution in [-0.2, 0) is 16.1 Å². The summed E-state index contributed by atoms with van der Waals surface area (Å²) in [7, 11) is 0. The summed E-state index contributed by atoms with van der Waals surface area (Å²) < 4.78 is 5.14. The van der Waals surface area contributed by atoms with Crippen LogP contribution in [0.15, 0.2) is 48.5 Å². The van der Waals surface area contributed by atoms with Crippen LogP contribution < -0.4 is 5.32 Å². The van der Waals surface area contributed by atoms with Crippen LogP contribution in [-0.4, -0.2) is 41.2 Å². The van der Waals surface area contributed by atoms with Crippen LogP contribution in [0.3, 0.4) is 0 Å². The summed E-state index contributed by atoms with van der Waals surface area (Å²) in [5.74, 6) is -1.21. The molecule has 0 radical (unpaired) electrons. The first-order valence-electron chi connectivity index (χ1n) is 10.9. The molecule has 32 heavy (non-hydrogen) atoms. The van der Waals surface area contributed by atoms with Crippen LogP contribution in [0.4, 0.5) is 0 Å². The second-order valence-corrected chi connectivity index (χ2v) is 8.54. The topological polar surface area (TPSA) is 92.8 Å². The molecule has 1 aliphatic heterocycles. The van der Waals surface area contributed by atoms with Crippen LogP contribution in [0.1, 0.15) is 69.2 Å². The number of fused-ring (bicyclic) bond motifs is 1. The van der Waals surface area contributed by atoms with E-state index in [2.05, 4.69) is 12.2 Å². The minimum absolute atomic E-state index is 0.122. The van der Waals surface area contributed by atoms with Gasteiger partial charge in [0, 0.05) is 6.04 Å². The smallest absolute Gasteiger partial charge is 0.338 e. The van der Waals surface area contributed by atoms with Gasteiger partial charge in [-0.1, -0.05) is 37.3 Å². The van der Waals surface area contributed by atoms with Gasteiger partial charge in [0.2, 0.25) is 0 Å². The highest BCUT2D eigenvalue weighted by atomic mass is 16.5. The van der Waals surface area contributed by atoms with Crippen molar-refractivity contribution in [1.82, 2.24) is 10.2 Å². The lowest BCUT2D eigenvalue weighted by atomic mass is 9.87. The van der Waals surface area contributed by atoms with Crippen molar-refractivity contribution in [3.63, 3.8) is 0 Å². The Hall–Kier alpha value is -3.48. The number of carbonyl (C=O) groups is 4. The number of esters is 1. The Balaban J connectivity index is 1.36. The highest BCUT2D eigenvalue weighted by Gasteiger charge is 2.36. The van der Waals surface area contributed by atoms with Gasteiger partial charge in [-0.05, 0) is 55.4 Å². The van der Waals surface area contributed by atoms with Gasteiger partial charge in [0.05, 0.1) is 23.2 Å². The zero-order chi connectivity index (χ0) is 22.7. The van der Waals surface area contributed by atoms with Gasteiger partial charge < -0.3 is 10.1 Å². The summed E-state index contributed by atoms with van der Waals surface area (Å²) in [6.45, 7) is 1.98. The van der Waals surface area contributed by atoms with Gasteiger partial charge in [0.25, 0.3) is 17.7 Å². The molecule has 2 aromatic rings. The fraction of sp³-hybridized carbons (Fsp3) is 0.360. The van der Waals surface area contributed by atoms with E-state index >= 15 is 0 Å². The van der Waals surface area contributed by atoms with E-state index in [1.165, 1.54) is 18.2 Å². The number of nitrogens with zero attached hydrogens (tertiary/aromatic N) is 1. The van der Waals surface area contributed by atoms with Gasteiger partial charge >= 0.3 is 5.97 Å². The molecular weight excluding hydrogens is 408 g/mol. The normalized spacial score (nSPS) is 20.1. The van der Waals surface area contributed by atoms with Crippen LogP contribution in [0, 0.1) is 5.92 Å².